The summed E-state index contributed by atoms with van der Waals surface area (Å²) in [6.07, 6.45) is 8.14. The van der Waals surface area contributed by atoms with Gasteiger partial charge in [0.2, 0.25) is 0 Å². The smallest absolute Gasteiger partial charge is 0.0649 e. The summed E-state index contributed by atoms with van der Waals surface area (Å²) in [4.78, 5) is 0. The van der Waals surface area contributed by atoms with Crippen molar-refractivity contribution in [3.05, 3.63) is 96.1 Å². The molecule has 4 nitrogen and oxygen atoms in total. The van der Waals surface area contributed by atoms with E-state index in [9.17, 15) is 10.2 Å². The van der Waals surface area contributed by atoms with Crippen LogP contribution in [-0.2, 0) is 10.8 Å². The molecule has 2 aliphatic carbocycles. The van der Waals surface area contributed by atoms with Gasteiger partial charge in [-0.3, -0.25) is 0 Å². The Balaban J connectivity index is 0.000000161. The van der Waals surface area contributed by atoms with E-state index in [-0.39, 0.29) is 23.0 Å². The van der Waals surface area contributed by atoms with Gasteiger partial charge in [-0.25, -0.2) is 0 Å². The number of fused-ring (bicyclic) bond motifs is 2. The van der Waals surface area contributed by atoms with Crippen molar-refractivity contribution in [3.8, 4) is 0 Å². The van der Waals surface area contributed by atoms with Crippen LogP contribution in [0.4, 0.5) is 0 Å². The second-order valence-corrected chi connectivity index (χ2v) is 12.0. The van der Waals surface area contributed by atoms with Crippen LogP contribution < -0.4 is 10.6 Å². The van der Waals surface area contributed by atoms with Crippen LogP contribution in [0.25, 0.3) is 21.5 Å². The van der Waals surface area contributed by atoms with E-state index in [0.29, 0.717) is 0 Å². The molecule has 40 heavy (non-hydrogen) atoms. The highest BCUT2D eigenvalue weighted by molar-refractivity contribution is 5.84. The largest absolute Gasteiger partial charge is 0.392 e. The van der Waals surface area contributed by atoms with Crippen molar-refractivity contribution in [2.45, 2.75) is 74.4 Å². The number of aliphatic hydroxyl groups is 2. The normalized spacial score (nSPS) is 26.8. The fraction of sp³-hybridized carbons (Fsp3) is 0.444. The minimum Gasteiger partial charge on any atom is -0.392 e. The van der Waals surface area contributed by atoms with E-state index >= 15 is 0 Å². The number of rotatable bonds is 6. The molecule has 4 heteroatoms. The van der Waals surface area contributed by atoms with Crippen LogP contribution in [0.1, 0.15) is 62.5 Å². The molecule has 0 unspecified atom stereocenters. The SMILES string of the molecule is CNC[C@@]1(c2ccc3ccccc3c2)CCCC[C@@H]1O.CNC[C@]1(c2ccc3ccccc3c2)CCCC[C@H]1O. The first-order valence-corrected chi connectivity index (χ1v) is 15.2. The first-order chi connectivity index (χ1) is 19.5. The number of hydrogen-bond donors (Lipinski definition) is 4. The van der Waals surface area contributed by atoms with Crippen LogP contribution in [-0.4, -0.2) is 49.6 Å². The molecule has 0 amide bonds. The lowest BCUT2D eigenvalue weighted by atomic mass is 9.67. The van der Waals surface area contributed by atoms with E-state index in [1.165, 1.54) is 45.5 Å². The van der Waals surface area contributed by atoms with Crippen LogP contribution in [0.3, 0.4) is 0 Å². The topological polar surface area (TPSA) is 64.5 Å². The van der Waals surface area contributed by atoms with E-state index in [0.717, 1.165) is 51.6 Å². The molecule has 4 N–H and O–H groups in total. The van der Waals surface area contributed by atoms with Crippen molar-refractivity contribution >= 4 is 21.5 Å². The van der Waals surface area contributed by atoms with Gasteiger partial charge in [-0.1, -0.05) is 111 Å². The molecule has 2 saturated carbocycles. The van der Waals surface area contributed by atoms with Crippen molar-refractivity contribution in [1.29, 1.82) is 0 Å². The second-order valence-electron chi connectivity index (χ2n) is 12.0. The third-order valence-electron chi connectivity index (χ3n) is 9.61. The molecule has 2 aliphatic rings. The minimum atomic E-state index is -0.245. The van der Waals surface area contributed by atoms with Gasteiger partial charge in [-0.15, -0.1) is 0 Å². The fourth-order valence-electron chi connectivity index (χ4n) is 7.36. The lowest BCUT2D eigenvalue weighted by Gasteiger charge is -2.42. The van der Waals surface area contributed by atoms with Crippen LogP contribution in [0, 0.1) is 0 Å². The lowest BCUT2D eigenvalue weighted by Crippen LogP contribution is -2.48. The van der Waals surface area contributed by atoms with Crippen LogP contribution >= 0.6 is 0 Å². The highest BCUT2D eigenvalue weighted by Gasteiger charge is 2.42. The number of hydrogen-bond acceptors (Lipinski definition) is 4. The Labute approximate surface area is 239 Å². The van der Waals surface area contributed by atoms with Crippen molar-refractivity contribution in [2.24, 2.45) is 0 Å². The molecule has 4 aromatic rings. The zero-order chi connectivity index (χ0) is 28.0. The standard InChI is InChI=1S/2C18H23NO/c2*1-19-13-18(11-5-4-8-17(18)20)16-10-9-14-6-2-3-7-15(14)12-16/h2*2-3,6-7,9-10,12,17,19-20H,4-5,8,11,13H2,1H3/t2*17-,18+/m10/s1. The second kappa shape index (κ2) is 12.8. The Bertz CT molecular complexity index is 1290. The molecule has 0 spiro atoms. The van der Waals surface area contributed by atoms with E-state index < -0.39 is 0 Å². The zero-order valence-corrected chi connectivity index (χ0v) is 24.2. The zero-order valence-electron chi connectivity index (χ0n) is 24.2. The lowest BCUT2D eigenvalue weighted by molar-refractivity contribution is 0.0423. The molecule has 4 aromatic carbocycles. The fourth-order valence-corrected chi connectivity index (χ4v) is 7.36. The Hall–Kier alpha value is -2.76. The Morgan fingerprint density at radius 3 is 1.35 bits per heavy atom. The predicted octanol–water partition coefficient (Wildman–Crippen LogP) is 6.46. The molecule has 0 aliphatic heterocycles. The minimum absolute atomic E-state index is 0.128. The summed E-state index contributed by atoms with van der Waals surface area (Å²) in [6, 6.07) is 30.2. The summed E-state index contributed by atoms with van der Waals surface area (Å²) in [5.41, 5.74) is 2.30. The third kappa shape index (κ3) is 5.69. The van der Waals surface area contributed by atoms with E-state index in [1.807, 2.05) is 14.1 Å². The van der Waals surface area contributed by atoms with E-state index in [1.54, 1.807) is 0 Å². The van der Waals surface area contributed by atoms with Gasteiger partial charge >= 0.3 is 0 Å². The van der Waals surface area contributed by atoms with Gasteiger partial charge in [0.05, 0.1) is 12.2 Å². The van der Waals surface area contributed by atoms with Crippen LogP contribution in [0.5, 0.6) is 0 Å². The molecule has 0 aromatic heterocycles. The first-order valence-electron chi connectivity index (χ1n) is 15.2. The molecular formula is C36H46N2O2. The molecule has 0 heterocycles. The molecule has 6 rings (SSSR count). The molecule has 212 valence electrons. The third-order valence-corrected chi connectivity index (χ3v) is 9.61. The van der Waals surface area contributed by atoms with Gasteiger partial charge in [0.25, 0.3) is 0 Å². The van der Waals surface area contributed by atoms with Crippen LogP contribution in [0.15, 0.2) is 84.9 Å². The van der Waals surface area contributed by atoms with E-state index in [4.69, 9.17) is 0 Å². The van der Waals surface area contributed by atoms with Gasteiger partial charge in [-0.05, 0) is 72.5 Å². The Morgan fingerprint density at radius 2 is 0.975 bits per heavy atom. The maximum Gasteiger partial charge on any atom is 0.0649 e. The number of nitrogens with one attached hydrogen (secondary N) is 2. The average molecular weight is 539 g/mol. The van der Waals surface area contributed by atoms with E-state index in [2.05, 4.69) is 95.6 Å². The van der Waals surface area contributed by atoms with Crippen molar-refractivity contribution in [3.63, 3.8) is 0 Å². The summed E-state index contributed by atoms with van der Waals surface area (Å²) in [7, 11) is 3.95. The first kappa shape index (κ1) is 28.8. The Kier molecular flexibility index (Phi) is 9.22. The van der Waals surface area contributed by atoms with Gasteiger partial charge in [0.15, 0.2) is 0 Å². The predicted molar refractivity (Wildman–Crippen MR) is 168 cm³/mol. The number of aliphatic hydroxyl groups excluding tert-OH is 2. The maximum atomic E-state index is 10.6. The van der Waals surface area contributed by atoms with Gasteiger partial charge in [0, 0.05) is 23.9 Å². The molecule has 4 atom stereocenters. The Morgan fingerprint density at radius 1 is 0.575 bits per heavy atom. The van der Waals surface area contributed by atoms with Gasteiger partial charge in [0.1, 0.15) is 0 Å². The van der Waals surface area contributed by atoms with Crippen molar-refractivity contribution < 1.29 is 10.2 Å². The molecule has 0 bridgehead atoms. The monoisotopic (exact) mass is 538 g/mol. The summed E-state index contributed by atoms with van der Waals surface area (Å²) in [5.74, 6) is 0. The molecule has 0 radical (unpaired) electrons. The summed E-state index contributed by atoms with van der Waals surface area (Å²) >= 11 is 0. The van der Waals surface area contributed by atoms with Crippen molar-refractivity contribution in [2.75, 3.05) is 27.2 Å². The quantitative estimate of drug-likeness (QED) is 0.227. The highest BCUT2D eigenvalue weighted by atomic mass is 16.3. The highest BCUT2D eigenvalue weighted by Crippen LogP contribution is 2.41. The number of benzene rings is 4. The molecule has 0 saturated heterocycles. The number of likely N-dealkylation sites (N-methyl/N-ethyl adjacent to an activating group) is 2. The maximum absolute atomic E-state index is 10.6. The van der Waals surface area contributed by atoms with Gasteiger partial charge < -0.3 is 20.8 Å². The summed E-state index contributed by atoms with van der Waals surface area (Å²) in [6.45, 7) is 1.68. The average Bonchev–Trinajstić information content (AvgIpc) is 2.99. The van der Waals surface area contributed by atoms with Crippen molar-refractivity contribution in [1.82, 2.24) is 10.6 Å². The van der Waals surface area contributed by atoms with Gasteiger partial charge in [-0.2, -0.15) is 0 Å². The molecular weight excluding hydrogens is 492 g/mol. The summed E-state index contributed by atoms with van der Waals surface area (Å²) < 4.78 is 0. The summed E-state index contributed by atoms with van der Waals surface area (Å²) in [5, 5.41) is 32.9. The molecule has 2 fully saturated rings. The van der Waals surface area contributed by atoms with Crippen LogP contribution in [0.2, 0.25) is 0 Å².